The lowest BCUT2D eigenvalue weighted by Crippen LogP contribution is -2.30. The highest BCUT2D eigenvalue weighted by atomic mass is 32.2. The Balaban J connectivity index is 1.84. The number of aromatic nitrogens is 2. The minimum atomic E-state index is -3.48. The SMILES string of the molecule is CCc1nc([C@@H]2CCCN2C(=O)c2ccc(S(C)(=O)=O)o2)no1. The van der Waals surface area contributed by atoms with Crippen LogP contribution in [-0.2, 0) is 16.3 Å². The molecular formula is C14H17N3O5S. The standard InChI is InChI=1S/C14H17N3O5S/c1-3-11-15-13(16-22-11)9-5-4-8-17(9)14(18)10-6-7-12(21-10)23(2,19)20/h6-7,9H,3-5,8H2,1-2H3/t9-/m0/s1. The van der Waals surface area contributed by atoms with Crippen LogP contribution in [0.4, 0.5) is 0 Å². The van der Waals surface area contributed by atoms with Crippen LogP contribution in [0.5, 0.6) is 0 Å². The molecule has 1 saturated heterocycles. The molecule has 0 spiro atoms. The number of carbonyl (C=O) groups is 1. The van der Waals surface area contributed by atoms with Gasteiger partial charge in [0.25, 0.3) is 5.91 Å². The Morgan fingerprint density at radius 1 is 1.43 bits per heavy atom. The lowest BCUT2D eigenvalue weighted by atomic mass is 10.2. The van der Waals surface area contributed by atoms with Gasteiger partial charge in [-0.2, -0.15) is 4.98 Å². The number of rotatable bonds is 4. The minimum Gasteiger partial charge on any atom is -0.440 e. The zero-order valence-corrected chi connectivity index (χ0v) is 13.7. The van der Waals surface area contributed by atoms with Gasteiger partial charge in [-0.25, -0.2) is 8.42 Å². The van der Waals surface area contributed by atoms with E-state index < -0.39 is 9.84 Å². The molecule has 23 heavy (non-hydrogen) atoms. The molecule has 0 radical (unpaired) electrons. The molecule has 0 N–H and O–H groups in total. The van der Waals surface area contributed by atoms with Crippen molar-refractivity contribution in [2.45, 2.75) is 37.3 Å². The fourth-order valence-corrected chi connectivity index (χ4v) is 3.16. The van der Waals surface area contributed by atoms with E-state index in [4.69, 9.17) is 8.94 Å². The Kier molecular flexibility index (Phi) is 3.97. The van der Waals surface area contributed by atoms with Gasteiger partial charge in [-0.1, -0.05) is 12.1 Å². The van der Waals surface area contributed by atoms with Crippen LogP contribution in [0.25, 0.3) is 0 Å². The topological polar surface area (TPSA) is 107 Å². The molecule has 0 aliphatic carbocycles. The van der Waals surface area contributed by atoms with Crippen molar-refractivity contribution in [1.29, 1.82) is 0 Å². The van der Waals surface area contributed by atoms with Crippen molar-refractivity contribution >= 4 is 15.7 Å². The molecule has 2 aromatic rings. The van der Waals surface area contributed by atoms with Crippen LogP contribution in [0.15, 0.2) is 26.2 Å². The summed E-state index contributed by atoms with van der Waals surface area (Å²) < 4.78 is 33.2. The first-order chi connectivity index (χ1) is 10.9. The van der Waals surface area contributed by atoms with Crippen LogP contribution >= 0.6 is 0 Å². The minimum absolute atomic E-state index is 0.00321. The Bertz CT molecular complexity index is 823. The first-order valence-corrected chi connectivity index (χ1v) is 9.22. The van der Waals surface area contributed by atoms with Crippen molar-refractivity contribution in [3.8, 4) is 0 Å². The van der Waals surface area contributed by atoms with E-state index in [1.165, 1.54) is 12.1 Å². The van der Waals surface area contributed by atoms with Crippen LogP contribution in [0.2, 0.25) is 0 Å². The van der Waals surface area contributed by atoms with Crippen LogP contribution in [0, 0.1) is 0 Å². The van der Waals surface area contributed by atoms with E-state index in [-0.39, 0.29) is 22.8 Å². The Labute approximate surface area is 133 Å². The summed E-state index contributed by atoms with van der Waals surface area (Å²) in [6.45, 7) is 2.44. The quantitative estimate of drug-likeness (QED) is 0.832. The number of hydrogen-bond acceptors (Lipinski definition) is 7. The highest BCUT2D eigenvalue weighted by molar-refractivity contribution is 7.90. The smallest absolute Gasteiger partial charge is 0.290 e. The molecule has 0 aromatic carbocycles. The van der Waals surface area contributed by atoms with Crippen LogP contribution in [0.1, 0.15) is 48.1 Å². The van der Waals surface area contributed by atoms with Gasteiger partial charge in [0, 0.05) is 19.2 Å². The van der Waals surface area contributed by atoms with E-state index in [0.29, 0.717) is 24.7 Å². The number of amides is 1. The molecule has 9 heteroatoms. The zero-order valence-electron chi connectivity index (χ0n) is 12.9. The van der Waals surface area contributed by atoms with Crippen LogP contribution in [-0.4, -0.2) is 42.2 Å². The van der Waals surface area contributed by atoms with E-state index in [0.717, 1.165) is 19.1 Å². The van der Waals surface area contributed by atoms with Crippen molar-refractivity contribution in [3.05, 3.63) is 29.6 Å². The van der Waals surface area contributed by atoms with Gasteiger partial charge in [-0.3, -0.25) is 4.79 Å². The van der Waals surface area contributed by atoms with Gasteiger partial charge in [-0.05, 0) is 25.0 Å². The number of sulfone groups is 1. The molecule has 8 nitrogen and oxygen atoms in total. The molecule has 0 saturated carbocycles. The van der Waals surface area contributed by atoms with Crippen molar-refractivity contribution < 1.29 is 22.2 Å². The van der Waals surface area contributed by atoms with E-state index in [2.05, 4.69) is 10.1 Å². The highest BCUT2D eigenvalue weighted by Crippen LogP contribution is 2.32. The highest BCUT2D eigenvalue weighted by Gasteiger charge is 2.35. The monoisotopic (exact) mass is 339 g/mol. The van der Waals surface area contributed by atoms with Gasteiger partial charge >= 0.3 is 0 Å². The van der Waals surface area contributed by atoms with Crippen LogP contribution in [0.3, 0.4) is 0 Å². The van der Waals surface area contributed by atoms with E-state index in [1.54, 1.807) is 4.90 Å². The molecule has 1 atom stereocenters. The first-order valence-electron chi connectivity index (χ1n) is 7.33. The van der Waals surface area contributed by atoms with Gasteiger partial charge in [0.05, 0.1) is 6.04 Å². The number of hydrogen-bond donors (Lipinski definition) is 0. The molecule has 0 unspecified atom stereocenters. The van der Waals surface area contributed by atoms with Gasteiger partial charge in [-0.15, -0.1) is 0 Å². The summed E-state index contributed by atoms with van der Waals surface area (Å²) in [6, 6.07) is 2.39. The summed E-state index contributed by atoms with van der Waals surface area (Å²) in [5, 5.41) is 3.72. The van der Waals surface area contributed by atoms with E-state index in [1.807, 2.05) is 6.92 Å². The predicted molar refractivity (Wildman–Crippen MR) is 78.5 cm³/mol. The Hall–Kier alpha value is -2.16. The molecular weight excluding hydrogens is 322 g/mol. The maximum Gasteiger partial charge on any atom is 0.290 e. The third kappa shape index (κ3) is 3.00. The molecule has 3 heterocycles. The second kappa shape index (κ2) is 5.80. The largest absolute Gasteiger partial charge is 0.440 e. The molecule has 124 valence electrons. The van der Waals surface area contributed by atoms with Crippen molar-refractivity contribution in [3.63, 3.8) is 0 Å². The molecule has 1 aliphatic rings. The zero-order chi connectivity index (χ0) is 16.6. The summed E-state index contributed by atoms with van der Waals surface area (Å²) >= 11 is 0. The molecule has 2 aromatic heterocycles. The molecule has 0 bridgehead atoms. The maximum absolute atomic E-state index is 12.6. The first kappa shape index (κ1) is 15.7. The molecule has 1 amide bonds. The number of furan rings is 1. The van der Waals surface area contributed by atoms with Crippen molar-refractivity contribution in [2.24, 2.45) is 0 Å². The lowest BCUT2D eigenvalue weighted by Gasteiger charge is -2.20. The number of likely N-dealkylation sites (tertiary alicyclic amines) is 1. The number of aryl methyl sites for hydroxylation is 1. The van der Waals surface area contributed by atoms with E-state index >= 15 is 0 Å². The Morgan fingerprint density at radius 2 is 2.22 bits per heavy atom. The second-order valence-electron chi connectivity index (χ2n) is 5.45. The average Bonchev–Trinajstić information content (AvgIpc) is 3.23. The summed E-state index contributed by atoms with van der Waals surface area (Å²) in [5.41, 5.74) is 0. The normalized spacial score (nSPS) is 18.5. The van der Waals surface area contributed by atoms with E-state index in [9.17, 15) is 13.2 Å². The van der Waals surface area contributed by atoms with Crippen molar-refractivity contribution in [1.82, 2.24) is 15.0 Å². The Morgan fingerprint density at radius 3 is 2.83 bits per heavy atom. The second-order valence-corrected chi connectivity index (χ2v) is 7.39. The summed E-state index contributed by atoms with van der Waals surface area (Å²) in [4.78, 5) is 18.5. The average molecular weight is 339 g/mol. The van der Waals surface area contributed by atoms with Gasteiger partial charge in [0.2, 0.25) is 20.8 Å². The summed E-state index contributed by atoms with van der Waals surface area (Å²) in [6.07, 6.45) is 3.20. The third-order valence-electron chi connectivity index (χ3n) is 3.76. The summed E-state index contributed by atoms with van der Waals surface area (Å²) in [7, 11) is -3.48. The van der Waals surface area contributed by atoms with Crippen molar-refractivity contribution in [2.75, 3.05) is 12.8 Å². The molecule has 1 fully saturated rings. The number of nitrogens with zero attached hydrogens (tertiary/aromatic N) is 3. The fraction of sp³-hybridized carbons (Fsp3) is 0.500. The van der Waals surface area contributed by atoms with Gasteiger partial charge < -0.3 is 13.8 Å². The lowest BCUT2D eigenvalue weighted by molar-refractivity contribution is 0.0690. The predicted octanol–water partition coefficient (Wildman–Crippen LogP) is 1.61. The molecule has 3 rings (SSSR count). The number of carbonyl (C=O) groups excluding carboxylic acids is 1. The maximum atomic E-state index is 12.6. The van der Waals surface area contributed by atoms with Crippen LogP contribution < -0.4 is 0 Å². The van der Waals surface area contributed by atoms with Gasteiger partial charge in [0.15, 0.2) is 11.6 Å². The third-order valence-corrected chi connectivity index (χ3v) is 4.71. The molecule has 1 aliphatic heterocycles. The summed E-state index contributed by atoms with van der Waals surface area (Å²) in [5.74, 6) is 0.626. The van der Waals surface area contributed by atoms with Gasteiger partial charge in [0.1, 0.15) is 0 Å². The fourth-order valence-electron chi connectivity index (χ4n) is 2.60.